The van der Waals surface area contributed by atoms with Crippen molar-refractivity contribution in [2.75, 3.05) is 38.0 Å². The Balaban J connectivity index is 1.79. The van der Waals surface area contributed by atoms with Gasteiger partial charge in [0, 0.05) is 30.4 Å². The number of carbonyl (C=O) groups is 1. The van der Waals surface area contributed by atoms with Crippen LogP contribution < -0.4 is 14.4 Å². The van der Waals surface area contributed by atoms with E-state index in [1.807, 2.05) is 62.3 Å². The molecule has 2 aromatic carbocycles. The van der Waals surface area contributed by atoms with E-state index in [1.54, 1.807) is 17.8 Å². The van der Waals surface area contributed by atoms with Crippen molar-refractivity contribution in [1.82, 2.24) is 0 Å². The molecule has 0 atom stereocenters. The lowest BCUT2D eigenvalue weighted by molar-refractivity contribution is -0.139. The minimum absolute atomic E-state index is 0.336. The van der Waals surface area contributed by atoms with Gasteiger partial charge in [0.05, 0.1) is 0 Å². The highest BCUT2D eigenvalue weighted by molar-refractivity contribution is 7.99. The van der Waals surface area contributed by atoms with Crippen LogP contribution in [-0.4, -0.2) is 44.1 Å². The number of rotatable bonds is 10. The minimum atomic E-state index is -0.986. The minimum Gasteiger partial charge on any atom is -0.489 e. The molecule has 0 bridgehead atoms. The highest BCUT2D eigenvalue weighted by Crippen LogP contribution is 2.27. The molecule has 27 heavy (non-hydrogen) atoms. The molecule has 0 heterocycles. The fourth-order valence-electron chi connectivity index (χ4n) is 2.27. The van der Waals surface area contributed by atoms with Crippen LogP contribution in [0.4, 0.5) is 5.69 Å². The number of carboxylic acids is 1. The Bertz CT molecular complexity index is 787. The van der Waals surface area contributed by atoms with E-state index in [9.17, 15) is 4.79 Å². The average Bonchev–Trinajstić information content (AvgIpc) is 2.64. The summed E-state index contributed by atoms with van der Waals surface area (Å²) in [4.78, 5) is 13.7. The number of aryl methyl sites for hydroxylation is 1. The van der Waals surface area contributed by atoms with Crippen LogP contribution in [0.5, 0.6) is 11.5 Å². The molecule has 6 heteroatoms. The molecule has 144 valence electrons. The van der Waals surface area contributed by atoms with Crippen molar-refractivity contribution in [2.45, 2.75) is 11.8 Å². The average molecular weight is 388 g/mol. The maximum absolute atomic E-state index is 10.6. The second kappa shape index (κ2) is 9.92. The Morgan fingerprint density at radius 2 is 1.81 bits per heavy atom. The molecule has 0 saturated heterocycles. The summed E-state index contributed by atoms with van der Waals surface area (Å²) in [5.74, 6) is 1.16. The van der Waals surface area contributed by atoms with Crippen molar-refractivity contribution in [3.63, 3.8) is 0 Å². The quantitative estimate of drug-likeness (QED) is 0.486. The lowest BCUT2D eigenvalue weighted by Gasteiger charge is -2.14. The molecule has 0 aliphatic rings. The molecule has 1 N–H and O–H groups in total. The first-order valence-corrected chi connectivity index (χ1v) is 9.48. The van der Waals surface area contributed by atoms with Gasteiger partial charge in [0.25, 0.3) is 0 Å². The van der Waals surface area contributed by atoms with Crippen LogP contribution in [0.15, 0.2) is 59.5 Å². The van der Waals surface area contributed by atoms with Crippen LogP contribution in [0.3, 0.4) is 0 Å². The van der Waals surface area contributed by atoms with E-state index in [1.165, 1.54) is 0 Å². The van der Waals surface area contributed by atoms with Crippen molar-refractivity contribution in [3.05, 3.63) is 60.2 Å². The van der Waals surface area contributed by atoms with Gasteiger partial charge in [-0.05, 0) is 60.5 Å². The number of thioether (sulfide) groups is 1. The smallest absolute Gasteiger partial charge is 0.341 e. The Kier molecular flexibility index (Phi) is 7.61. The van der Waals surface area contributed by atoms with Gasteiger partial charge in [0.15, 0.2) is 6.61 Å². The van der Waals surface area contributed by atoms with E-state index in [0.717, 1.165) is 33.2 Å². The molecule has 0 amide bonds. The summed E-state index contributed by atoms with van der Waals surface area (Å²) in [5, 5.41) is 8.68. The SMILES string of the molecule is C=C(COc1ccc(N(C)C)cc1)CSc1ccc(OCC(=O)O)c(C)c1. The number of hydrogen-bond donors (Lipinski definition) is 1. The van der Waals surface area contributed by atoms with Crippen LogP contribution in [0, 0.1) is 6.92 Å². The number of ether oxygens (including phenoxy) is 2. The van der Waals surface area contributed by atoms with Crippen LogP contribution >= 0.6 is 11.8 Å². The maximum Gasteiger partial charge on any atom is 0.341 e. The van der Waals surface area contributed by atoms with Crippen molar-refractivity contribution >= 4 is 23.4 Å². The van der Waals surface area contributed by atoms with E-state index in [4.69, 9.17) is 14.6 Å². The van der Waals surface area contributed by atoms with Gasteiger partial charge in [0.2, 0.25) is 0 Å². The van der Waals surface area contributed by atoms with Crippen LogP contribution in [0.2, 0.25) is 0 Å². The standard InChI is InChI=1S/C21H25NO4S/c1-15(12-25-18-7-5-17(6-8-18)22(3)4)14-27-19-9-10-20(16(2)11-19)26-13-21(23)24/h5-11H,1,12-14H2,2-4H3,(H,23,24). The molecule has 0 aliphatic heterocycles. The van der Waals surface area contributed by atoms with Crippen molar-refractivity contribution < 1.29 is 19.4 Å². The van der Waals surface area contributed by atoms with Gasteiger partial charge in [-0.15, -0.1) is 11.8 Å². The van der Waals surface area contributed by atoms with Crippen LogP contribution in [0.1, 0.15) is 5.56 Å². The molecule has 0 spiro atoms. The highest BCUT2D eigenvalue weighted by Gasteiger charge is 2.06. The summed E-state index contributed by atoms with van der Waals surface area (Å²) in [6.07, 6.45) is 0. The van der Waals surface area contributed by atoms with Gasteiger partial charge in [0.1, 0.15) is 18.1 Å². The number of aliphatic carboxylic acids is 1. The lowest BCUT2D eigenvalue weighted by atomic mass is 10.2. The number of hydrogen-bond acceptors (Lipinski definition) is 5. The Morgan fingerprint density at radius 3 is 2.41 bits per heavy atom. The molecule has 0 unspecified atom stereocenters. The summed E-state index contributed by atoms with van der Waals surface area (Å²) in [6, 6.07) is 13.6. The largest absolute Gasteiger partial charge is 0.489 e. The maximum atomic E-state index is 10.6. The molecule has 5 nitrogen and oxygen atoms in total. The van der Waals surface area contributed by atoms with Crippen LogP contribution in [0.25, 0.3) is 0 Å². The highest BCUT2D eigenvalue weighted by atomic mass is 32.2. The van der Waals surface area contributed by atoms with Gasteiger partial charge >= 0.3 is 5.97 Å². The third-order valence-corrected chi connectivity index (χ3v) is 4.88. The van der Waals surface area contributed by atoms with Crippen LogP contribution in [-0.2, 0) is 4.79 Å². The van der Waals surface area contributed by atoms with E-state index in [0.29, 0.717) is 12.4 Å². The summed E-state index contributed by atoms with van der Waals surface area (Å²) in [5.41, 5.74) is 3.02. The topological polar surface area (TPSA) is 59.0 Å². The van der Waals surface area contributed by atoms with Crippen molar-refractivity contribution in [1.29, 1.82) is 0 Å². The zero-order valence-electron chi connectivity index (χ0n) is 15.9. The summed E-state index contributed by atoms with van der Waals surface area (Å²) < 4.78 is 11.0. The molecule has 0 aromatic heterocycles. The molecule has 0 aliphatic carbocycles. The molecule has 0 fully saturated rings. The molecule has 2 rings (SSSR count). The second-order valence-electron chi connectivity index (χ2n) is 6.33. The van der Waals surface area contributed by atoms with Crippen molar-refractivity contribution in [2.24, 2.45) is 0 Å². The fourth-order valence-corrected chi connectivity index (χ4v) is 3.14. The molecular weight excluding hydrogens is 362 g/mol. The van der Waals surface area contributed by atoms with Gasteiger partial charge < -0.3 is 19.5 Å². The van der Waals surface area contributed by atoms with Gasteiger partial charge in [-0.3, -0.25) is 0 Å². The molecule has 2 aromatic rings. The Morgan fingerprint density at radius 1 is 1.11 bits per heavy atom. The predicted molar refractivity (Wildman–Crippen MR) is 110 cm³/mol. The first-order chi connectivity index (χ1) is 12.8. The predicted octanol–water partition coefficient (Wildman–Crippen LogP) is 4.25. The van der Waals surface area contributed by atoms with E-state index in [-0.39, 0.29) is 6.61 Å². The van der Waals surface area contributed by atoms with E-state index >= 15 is 0 Å². The molecule has 0 radical (unpaired) electrons. The van der Waals surface area contributed by atoms with E-state index in [2.05, 4.69) is 6.58 Å². The summed E-state index contributed by atoms with van der Waals surface area (Å²) in [6.45, 7) is 6.10. The van der Waals surface area contributed by atoms with Gasteiger partial charge in [-0.25, -0.2) is 4.79 Å². The van der Waals surface area contributed by atoms with Gasteiger partial charge in [-0.2, -0.15) is 0 Å². The zero-order chi connectivity index (χ0) is 19.8. The third kappa shape index (κ3) is 6.90. The van der Waals surface area contributed by atoms with E-state index < -0.39 is 5.97 Å². The zero-order valence-corrected chi connectivity index (χ0v) is 16.7. The number of nitrogens with zero attached hydrogens (tertiary/aromatic N) is 1. The lowest BCUT2D eigenvalue weighted by Crippen LogP contribution is -2.10. The number of benzene rings is 2. The normalized spacial score (nSPS) is 10.3. The third-order valence-electron chi connectivity index (χ3n) is 3.74. The molecule has 0 saturated carbocycles. The second-order valence-corrected chi connectivity index (χ2v) is 7.37. The monoisotopic (exact) mass is 387 g/mol. The fraction of sp³-hybridized carbons (Fsp3) is 0.286. The summed E-state index contributed by atoms with van der Waals surface area (Å²) in [7, 11) is 4.00. The van der Waals surface area contributed by atoms with Crippen molar-refractivity contribution in [3.8, 4) is 11.5 Å². The molecular formula is C21H25NO4S. The first kappa shape index (κ1) is 20.7. The summed E-state index contributed by atoms with van der Waals surface area (Å²) >= 11 is 1.66. The number of anilines is 1. The first-order valence-electron chi connectivity index (χ1n) is 8.50. The Hall–Kier alpha value is -2.60. The Labute approximate surface area is 164 Å². The number of carboxylic acid groups (broad SMARTS) is 1. The van der Waals surface area contributed by atoms with Gasteiger partial charge in [-0.1, -0.05) is 6.58 Å².